The van der Waals surface area contributed by atoms with Gasteiger partial charge in [0.2, 0.25) is 5.91 Å². The molecule has 148 valence electrons. The highest BCUT2D eigenvalue weighted by Crippen LogP contribution is 2.48. The Kier molecular flexibility index (Phi) is 5.03. The number of carbonyl (C=O) groups is 2. The number of hydrazine groups is 1. The first-order valence-electron chi connectivity index (χ1n) is 9.20. The summed E-state index contributed by atoms with van der Waals surface area (Å²) in [5, 5.41) is 0. The van der Waals surface area contributed by atoms with Crippen LogP contribution in [-0.2, 0) is 16.8 Å². The third-order valence-corrected chi connectivity index (χ3v) is 4.88. The molecular weight excluding hydrogens is 375 g/mol. The van der Waals surface area contributed by atoms with Crippen LogP contribution >= 0.6 is 0 Å². The summed E-state index contributed by atoms with van der Waals surface area (Å²) in [5.74, 6) is -0.0319. The van der Waals surface area contributed by atoms with Gasteiger partial charge in [-0.05, 0) is 54.8 Å². The molecule has 1 aliphatic rings. The van der Waals surface area contributed by atoms with Gasteiger partial charge in [0.15, 0.2) is 5.76 Å². The molecule has 1 heterocycles. The summed E-state index contributed by atoms with van der Waals surface area (Å²) in [6.07, 6.45) is 1.28. The number of ether oxygens (including phenoxy) is 1. The van der Waals surface area contributed by atoms with Crippen LogP contribution in [0.1, 0.15) is 34.7 Å². The van der Waals surface area contributed by atoms with Gasteiger partial charge < -0.3 is 9.15 Å². The highest BCUT2D eigenvalue weighted by atomic mass is 19.1. The van der Waals surface area contributed by atoms with Crippen molar-refractivity contribution in [1.82, 2.24) is 10.9 Å². The molecule has 1 aliphatic carbocycles. The van der Waals surface area contributed by atoms with Crippen LogP contribution in [0.25, 0.3) is 0 Å². The van der Waals surface area contributed by atoms with Crippen molar-refractivity contribution in [2.45, 2.75) is 24.9 Å². The number of para-hydroxylation sites is 1. The molecule has 0 unspecified atom stereocenters. The lowest BCUT2D eigenvalue weighted by molar-refractivity contribution is -0.124. The van der Waals surface area contributed by atoms with Gasteiger partial charge in [-0.3, -0.25) is 20.4 Å². The van der Waals surface area contributed by atoms with E-state index in [4.69, 9.17) is 9.15 Å². The van der Waals surface area contributed by atoms with Crippen LogP contribution in [0.15, 0.2) is 71.1 Å². The van der Waals surface area contributed by atoms with Crippen LogP contribution in [-0.4, -0.2) is 11.8 Å². The molecule has 2 amide bonds. The Morgan fingerprint density at radius 2 is 1.69 bits per heavy atom. The van der Waals surface area contributed by atoms with E-state index in [2.05, 4.69) is 10.9 Å². The van der Waals surface area contributed by atoms with Crippen molar-refractivity contribution in [3.63, 3.8) is 0 Å². The maximum atomic E-state index is 13.1. The van der Waals surface area contributed by atoms with E-state index in [1.807, 2.05) is 30.3 Å². The predicted octanol–water partition coefficient (Wildman–Crippen LogP) is 3.49. The normalized spacial score (nSPS) is 14.1. The standard InChI is InChI=1S/C22H19FN2O4/c23-16-8-6-15(7-9-16)22(12-13-22)21(27)25-24-20(26)19-11-10-18(29-19)14-28-17-4-2-1-3-5-17/h1-11H,12-14H2,(H,24,26)(H,25,27). The Labute approximate surface area is 166 Å². The van der Waals surface area contributed by atoms with Gasteiger partial charge in [-0.25, -0.2) is 4.39 Å². The number of furan rings is 1. The molecule has 1 saturated carbocycles. The summed E-state index contributed by atoms with van der Waals surface area (Å²) >= 11 is 0. The Morgan fingerprint density at radius 3 is 2.38 bits per heavy atom. The van der Waals surface area contributed by atoms with E-state index in [1.54, 1.807) is 18.2 Å². The molecule has 1 fully saturated rings. The van der Waals surface area contributed by atoms with Crippen LogP contribution in [0.2, 0.25) is 0 Å². The van der Waals surface area contributed by atoms with E-state index in [0.29, 0.717) is 24.4 Å². The lowest BCUT2D eigenvalue weighted by Crippen LogP contribution is -2.46. The molecule has 2 aromatic carbocycles. The number of rotatable bonds is 6. The molecule has 7 heteroatoms. The molecule has 0 atom stereocenters. The first-order chi connectivity index (χ1) is 14.1. The van der Waals surface area contributed by atoms with Gasteiger partial charge in [-0.1, -0.05) is 30.3 Å². The monoisotopic (exact) mass is 394 g/mol. The number of halogens is 1. The quantitative estimate of drug-likeness (QED) is 0.627. The average Bonchev–Trinajstić information content (AvgIpc) is 3.42. The molecule has 3 aromatic rings. The van der Waals surface area contributed by atoms with Crippen molar-refractivity contribution in [3.05, 3.63) is 89.6 Å². The Bertz CT molecular complexity index is 1010. The van der Waals surface area contributed by atoms with Gasteiger partial charge in [-0.15, -0.1) is 0 Å². The molecule has 2 N–H and O–H groups in total. The number of hydrogen-bond donors (Lipinski definition) is 2. The van der Waals surface area contributed by atoms with Crippen molar-refractivity contribution >= 4 is 11.8 Å². The average molecular weight is 394 g/mol. The van der Waals surface area contributed by atoms with Gasteiger partial charge in [0.1, 0.15) is 23.9 Å². The van der Waals surface area contributed by atoms with Crippen molar-refractivity contribution in [1.29, 1.82) is 0 Å². The molecule has 29 heavy (non-hydrogen) atoms. The summed E-state index contributed by atoms with van der Waals surface area (Å²) in [5.41, 5.74) is 4.81. The zero-order valence-corrected chi connectivity index (χ0v) is 15.5. The highest BCUT2D eigenvalue weighted by Gasteiger charge is 2.51. The largest absolute Gasteiger partial charge is 0.486 e. The maximum absolute atomic E-state index is 13.1. The van der Waals surface area contributed by atoms with Crippen LogP contribution in [0.5, 0.6) is 5.75 Å². The maximum Gasteiger partial charge on any atom is 0.305 e. The van der Waals surface area contributed by atoms with E-state index in [0.717, 1.165) is 5.56 Å². The summed E-state index contributed by atoms with van der Waals surface area (Å²) in [4.78, 5) is 24.8. The third-order valence-electron chi connectivity index (χ3n) is 4.88. The van der Waals surface area contributed by atoms with Crippen molar-refractivity contribution in [2.24, 2.45) is 0 Å². The first kappa shape index (κ1) is 18.7. The minimum Gasteiger partial charge on any atom is -0.486 e. The SMILES string of the molecule is O=C(NNC(=O)C1(c2ccc(F)cc2)CC1)c1ccc(COc2ccccc2)o1. The molecule has 0 radical (unpaired) electrons. The zero-order chi connectivity index (χ0) is 20.3. The fourth-order valence-corrected chi connectivity index (χ4v) is 3.08. The van der Waals surface area contributed by atoms with Crippen molar-refractivity contribution < 1.29 is 23.1 Å². The van der Waals surface area contributed by atoms with E-state index in [-0.39, 0.29) is 24.1 Å². The minimum absolute atomic E-state index is 0.0589. The molecule has 1 aromatic heterocycles. The molecule has 6 nitrogen and oxygen atoms in total. The molecule has 0 saturated heterocycles. The number of benzene rings is 2. The van der Waals surface area contributed by atoms with Gasteiger partial charge in [0.25, 0.3) is 0 Å². The topological polar surface area (TPSA) is 80.6 Å². The second-order valence-corrected chi connectivity index (χ2v) is 6.86. The number of hydrogen-bond acceptors (Lipinski definition) is 4. The number of carbonyl (C=O) groups excluding carboxylic acids is 2. The predicted molar refractivity (Wildman–Crippen MR) is 102 cm³/mol. The fourth-order valence-electron chi connectivity index (χ4n) is 3.08. The Morgan fingerprint density at radius 1 is 0.966 bits per heavy atom. The van der Waals surface area contributed by atoms with Gasteiger partial charge in [0.05, 0.1) is 5.41 Å². The van der Waals surface area contributed by atoms with Crippen LogP contribution in [0.3, 0.4) is 0 Å². The zero-order valence-electron chi connectivity index (χ0n) is 15.5. The molecular formula is C22H19FN2O4. The Balaban J connectivity index is 1.31. The van der Waals surface area contributed by atoms with E-state index < -0.39 is 11.3 Å². The van der Waals surface area contributed by atoms with E-state index in [1.165, 1.54) is 18.2 Å². The van der Waals surface area contributed by atoms with Gasteiger partial charge in [0, 0.05) is 0 Å². The third kappa shape index (κ3) is 4.13. The first-order valence-corrected chi connectivity index (χ1v) is 9.20. The van der Waals surface area contributed by atoms with Crippen LogP contribution in [0.4, 0.5) is 4.39 Å². The summed E-state index contributed by atoms with van der Waals surface area (Å²) in [6, 6.07) is 18.2. The summed E-state index contributed by atoms with van der Waals surface area (Å²) in [6.45, 7) is 0.178. The number of amides is 2. The lowest BCUT2D eigenvalue weighted by atomic mass is 9.95. The molecule has 0 spiro atoms. The van der Waals surface area contributed by atoms with Crippen molar-refractivity contribution in [2.75, 3.05) is 0 Å². The van der Waals surface area contributed by atoms with Crippen molar-refractivity contribution in [3.8, 4) is 5.75 Å². The van der Waals surface area contributed by atoms with Crippen LogP contribution in [0, 0.1) is 5.82 Å². The fraction of sp³-hybridized carbons (Fsp3) is 0.182. The summed E-state index contributed by atoms with van der Waals surface area (Å²) < 4.78 is 24.2. The lowest BCUT2D eigenvalue weighted by Gasteiger charge is -2.15. The molecule has 4 rings (SSSR count). The summed E-state index contributed by atoms with van der Waals surface area (Å²) in [7, 11) is 0. The minimum atomic E-state index is -0.723. The highest BCUT2D eigenvalue weighted by molar-refractivity contribution is 5.96. The smallest absolute Gasteiger partial charge is 0.305 e. The van der Waals surface area contributed by atoms with E-state index in [9.17, 15) is 14.0 Å². The van der Waals surface area contributed by atoms with Crippen LogP contribution < -0.4 is 15.6 Å². The second kappa shape index (κ2) is 7.79. The molecule has 0 bridgehead atoms. The Hall–Kier alpha value is -3.61. The van der Waals surface area contributed by atoms with E-state index >= 15 is 0 Å². The molecule has 0 aliphatic heterocycles. The number of nitrogens with one attached hydrogen (secondary N) is 2. The van der Waals surface area contributed by atoms with Gasteiger partial charge >= 0.3 is 5.91 Å². The second-order valence-electron chi connectivity index (χ2n) is 6.86. The van der Waals surface area contributed by atoms with Gasteiger partial charge in [-0.2, -0.15) is 0 Å².